The lowest BCUT2D eigenvalue weighted by atomic mass is 9.96. The summed E-state index contributed by atoms with van der Waals surface area (Å²) in [6.07, 6.45) is 0.383. The minimum atomic E-state index is -2.92. The number of methoxy groups -OCH3 is 1. The summed E-state index contributed by atoms with van der Waals surface area (Å²) >= 11 is 0. The van der Waals surface area contributed by atoms with Crippen LogP contribution in [0.3, 0.4) is 0 Å². The Morgan fingerprint density at radius 1 is 1.03 bits per heavy atom. The number of aromatic nitrogens is 4. The van der Waals surface area contributed by atoms with Crippen molar-refractivity contribution in [2.75, 3.05) is 7.11 Å². The van der Waals surface area contributed by atoms with Crippen LogP contribution in [0.1, 0.15) is 39.5 Å². The zero-order chi connectivity index (χ0) is 24.3. The highest BCUT2D eigenvalue weighted by Crippen LogP contribution is 2.29. The number of halogens is 3. The number of nitrogens with zero attached hydrogens (tertiary/aromatic N) is 4. The van der Waals surface area contributed by atoms with Crippen LogP contribution in [0.25, 0.3) is 11.4 Å². The van der Waals surface area contributed by atoms with Gasteiger partial charge in [-0.3, -0.25) is 0 Å². The van der Waals surface area contributed by atoms with Gasteiger partial charge in [-0.25, -0.2) is 18.0 Å². The van der Waals surface area contributed by atoms with Crippen LogP contribution in [0.4, 0.5) is 13.2 Å². The van der Waals surface area contributed by atoms with Crippen molar-refractivity contribution in [1.29, 1.82) is 0 Å². The van der Waals surface area contributed by atoms with Gasteiger partial charge in [0.15, 0.2) is 0 Å². The quantitative estimate of drug-likeness (QED) is 0.358. The molecule has 6 nitrogen and oxygen atoms in total. The molecule has 0 radical (unpaired) electrons. The maximum atomic E-state index is 14.0. The average Bonchev–Trinajstić information content (AvgIpc) is 3.28. The Hall–Kier alpha value is -4.01. The number of tetrazole rings is 1. The highest BCUT2D eigenvalue weighted by molar-refractivity contribution is 5.91. The number of alkyl halides is 2. The molecule has 0 aliphatic rings. The largest absolute Gasteiger partial charge is 0.465 e. The molecular formula is C25H21F3N4O2. The molecule has 4 aromatic rings. The molecular weight excluding hydrogens is 445 g/mol. The number of esters is 1. The Balaban J connectivity index is 1.67. The summed E-state index contributed by atoms with van der Waals surface area (Å²) in [7, 11) is 1.28. The monoisotopic (exact) mass is 466 g/mol. The minimum absolute atomic E-state index is 0.0738. The fourth-order valence-electron chi connectivity index (χ4n) is 3.52. The van der Waals surface area contributed by atoms with Gasteiger partial charge < -0.3 is 4.74 Å². The maximum absolute atomic E-state index is 14.0. The normalized spacial score (nSPS) is 11.4. The molecule has 0 saturated heterocycles. The zero-order valence-corrected chi connectivity index (χ0v) is 18.5. The molecule has 0 aliphatic heterocycles. The summed E-state index contributed by atoms with van der Waals surface area (Å²) in [5.74, 6) is -3.59. The van der Waals surface area contributed by atoms with E-state index in [1.165, 1.54) is 30.1 Å². The fraction of sp³-hybridized carbons (Fsp3) is 0.200. The SMILES string of the molecule is COC(=O)c1ccc(Cc2ccc(C(C)(F)F)cc2)c(-c2nnn(Cc3ccccc3F)n2)c1. The van der Waals surface area contributed by atoms with Crippen LogP contribution < -0.4 is 0 Å². The first-order valence-corrected chi connectivity index (χ1v) is 10.4. The smallest absolute Gasteiger partial charge is 0.337 e. The molecule has 3 aromatic carbocycles. The minimum Gasteiger partial charge on any atom is -0.465 e. The fourth-order valence-corrected chi connectivity index (χ4v) is 3.52. The van der Waals surface area contributed by atoms with Crippen molar-refractivity contribution in [2.45, 2.75) is 25.8 Å². The Morgan fingerprint density at radius 3 is 2.44 bits per heavy atom. The van der Waals surface area contributed by atoms with E-state index < -0.39 is 11.9 Å². The van der Waals surface area contributed by atoms with Crippen LogP contribution in [0.15, 0.2) is 66.7 Å². The van der Waals surface area contributed by atoms with Crippen molar-refractivity contribution in [3.8, 4) is 11.4 Å². The van der Waals surface area contributed by atoms with E-state index in [2.05, 4.69) is 15.4 Å². The maximum Gasteiger partial charge on any atom is 0.337 e. The van der Waals surface area contributed by atoms with E-state index in [9.17, 15) is 18.0 Å². The number of hydrogen-bond acceptors (Lipinski definition) is 5. The van der Waals surface area contributed by atoms with E-state index in [0.29, 0.717) is 23.1 Å². The summed E-state index contributed by atoms with van der Waals surface area (Å²) in [6, 6.07) is 17.3. The second-order valence-electron chi connectivity index (χ2n) is 7.86. The van der Waals surface area contributed by atoms with Gasteiger partial charge in [0.2, 0.25) is 5.82 Å². The summed E-state index contributed by atoms with van der Waals surface area (Å²) in [6.45, 7) is 0.931. The Bertz CT molecular complexity index is 1310. The molecule has 34 heavy (non-hydrogen) atoms. The van der Waals surface area contributed by atoms with E-state index in [4.69, 9.17) is 4.74 Å². The van der Waals surface area contributed by atoms with Crippen molar-refractivity contribution in [1.82, 2.24) is 20.2 Å². The second kappa shape index (κ2) is 9.46. The van der Waals surface area contributed by atoms with Crippen molar-refractivity contribution in [3.05, 3.63) is 100 Å². The number of carbonyl (C=O) groups is 1. The Labute approximate surface area is 194 Å². The van der Waals surface area contributed by atoms with Crippen molar-refractivity contribution in [3.63, 3.8) is 0 Å². The lowest BCUT2D eigenvalue weighted by Crippen LogP contribution is -2.07. The van der Waals surface area contributed by atoms with Gasteiger partial charge >= 0.3 is 5.97 Å². The molecule has 174 valence electrons. The summed E-state index contributed by atoms with van der Waals surface area (Å²) < 4.78 is 45.9. The van der Waals surface area contributed by atoms with E-state index in [1.54, 1.807) is 48.5 Å². The molecule has 0 aliphatic carbocycles. The standard InChI is InChI=1S/C25H21F3N4O2/c1-25(27,28)20-11-7-16(8-12-20)13-17-9-10-18(24(33)34-2)14-21(17)23-29-31-32(30-23)15-19-5-3-4-6-22(19)26/h3-12,14H,13,15H2,1-2H3. The molecule has 0 bridgehead atoms. The molecule has 0 unspecified atom stereocenters. The summed E-state index contributed by atoms with van der Waals surface area (Å²) in [5, 5.41) is 12.5. The van der Waals surface area contributed by atoms with Gasteiger partial charge in [0.25, 0.3) is 5.92 Å². The predicted molar refractivity (Wildman–Crippen MR) is 119 cm³/mol. The first-order chi connectivity index (χ1) is 16.2. The third kappa shape index (κ3) is 5.14. The Kier molecular flexibility index (Phi) is 6.45. The van der Waals surface area contributed by atoms with Crippen molar-refractivity contribution >= 4 is 5.97 Å². The number of benzene rings is 3. The number of rotatable bonds is 7. The molecule has 1 aromatic heterocycles. The molecule has 0 spiro atoms. The highest BCUT2D eigenvalue weighted by Gasteiger charge is 2.24. The van der Waals surface area contributed by atoms with E-state index >= 15 is 0 Å². The highest BCUT2D eigenvalue weighted by atomic mass is 19.3. The Morgan fingerprint density at radius 2 is 1.76 bits per heavy atom. The van der Waals surface area contributed by atoms with Crippen LogP contribution in [-0.2, 0) is 23.6 Å². The number of carbonyl (C=O) groups excluding carboxylic acids is 1. The molecule has 0 atom stereocenters. The van der Waals surface area contributed by atoms with Gasteiger partial charge in [-0.15, -0.1) is 10.2 Å². The van der Waals surface area contributed by atoms with E-state index in [1.807, 2.05) is 0 Å². The lowest BCUT2D eigenvalue weighted by Gasteiger charge is -2.12. The molecule has 0 N–H and O–H groups in total. The van der Waals surface area contributed by atoms with Crippen LogP contribution >= 0.6 is 0 Å². The number of ether oxygens (including phenoxy) is 1. The van der Waals surface area contributed by atoms with Gasteiger partial charge in [0, 0.05) is 23.6 Å². The van der Waals surface area contributed by atoms with E-state index in [0.717, 1.165) is 18.1 Å². The van der Waals surface area contributed by atoms with Crippen molar-refractivity contribution < 1.29 is 22.7 Å². The molecule has 9 heteroatoms. The third-order valence-corrected chi connectivity index (χ3v) is 5.35. The van der Waals surface area contributed by atoms with Crippen LogP contribution in [0, 0.1) is 5.82 Å². The first-order valence-electron chi connectivity index (χ1n) is 10.4. The molecule has 0 fully saturated rings. The lowest BCUT2D eigenvalue weighted by molar-refractivity contribution is 0.0174. The van der Waals surface area contributed by atoms with Gasteiger partial charge in [-0.2, -0.15) is 4.80 Å². The third-order valence-electron chi connectivity index (χ3n) is 5.35. The van der Waals surface area contributed by atoms with Crippen LogP contribution in [-0.4, -0.2) is 33.3 Å². The molecule has 0 saturated carbocycles. The van der Waals surface area contributed by atoms with Crippen LogP contribution in [0.5, 0.6) is 0 Å². The molecule has 4 rings (SSSR count). The number of hydrogen-bond donors (Lipinski definition) is 0. The summed E-state index contributed by atoms with van der Waals surface area (Å²) in [4.78, 5) is 13.3. The van der Waals surface area contributed by atoms with Crippen molar-refractivity contribution in [2.24, 2.45) is 0 Å². The molecule has 1 heterocycles. The predicted octanol–water partition coefficient (Wildman–Crippen LogP) is 5.02. The van der Waals surface area contributed by atoms with Gasteiger partial charge in [-0.1, -0.05) is 48.5 Å². The first kappa shape index (κ1) is 23.2. The second-order valence-corrected chi connectivity index (χ2v) is 7.86. The van der Waals surface area contributed by atoms with Gasteiger partial charge in [0.1, 0.15) is 5.82 Å². The summed E-state index contributed by atoms with van der Waals surface area (Å²) in [5.41, 5.74) is 2.71. The topological polar surface area (TPSA) is 69.9 Å². The zero-order valence-electron chi connectivity index (χ0n) is 18.5. The molecule has 0 amide bonds. The van der Waals surface area contributed by atoms with E-state index in [-0.39, 0.29) is 23.7 Å². The average molecular weight is 466 g/mol. The van der Waals surface area contributed by atoms with Crippen LogP contribution in [0.2, 0.25) is 0 Å². The van der Waals surface area contributed by atoms with Gasteiger partial charge in [-0.05, 0) is 41.0 Å². The van der Waals surface area contributed by atoms with Gasteiger partial charge in [0.05, 0.1) is 19.2 Å².